The highest BCUT2D eigenvalue weighted by atomic mass is 35.5. The molecule has 6 heteroatoms. The predicted octanol–water partition coefficient (Wildman–Crippen LogP) is 0.932. The fourth-order valence-electron chi connectivity index (χ4n) is 2.19. The first-order valence-corrected chi connectivity index (χ1v) is 7.74. The van der Waals surface area contributed by atoms with Crippen LogP contribution in [-0.2, 0) is 4.74 Å². The molecule has 0 atom stereocenters. The van der Waals surface area contributed by atoms with E-state index >= 15 is 0 Å². The van der Waals surface area contributed by atoms with Gasteiger partial charge >= 0.3 is 0 Å². The molecule has 0 unspecified atom stereocenters. The van der Waals surface area contributed by atoms with Crippen LogP contribution in [0.2, 0.25) is 5.02 Å². The minimum absolute atomic E-state index is 0.643. The molecule has 1 aromatic rings. The number of rotatable bonds is 5. The van der Waals surface area contributed by atoms with E-state index in [-0.39, 0.29) is 0 Å². The van der Waals surface area contributed by atoms with Crippen molar-refractivity contribution in [3.05, 3.63) is 29.3 Å². The lowest BCUT2D eigenvalue weighted by atomic mass is 10.3. The molecular formula is C14H21ClN3OS+. The minimum atomic E-state index is 0.643. The highest BCUT2D eigenvalue weighted by Gasteiger charge is 2.12. The van der Waals surface area contributed by atoms with Crippen LogP contribution in [0, 0.1) is 0 Å². The lowest BCUT2D eigenvalue weighted by Gasteiger charge is -2.23. The van der Waals surface area contributed by atoms with Crippen molar-refractivity contribution >= 4 is 34.6 Å². The summed E-state index contributed by atoms with van der Waals surface area (Å²) in [4.78, 5) is 1.62. The topological polar surface area (TPSA) is 37.7 Å². The summed E-state index contributed by atoms with van der Waals surface area (Å²) in [5.74, 6) is 0. The minimum Gasteiger partial charge on any atom is -0.370 e. The molecule has 20 heavy (non-hydrogen) atoms. The van der Waals surface area contributed by atoms with Crippen molar-refractivity contribution in [1.29, 1.82) is 0 Å². The first-order valence-electron chi connectivity index (χ1n) is 6.96. The van der Waals surface area contributed by atoms with Crippen molar-refractivity contribution in [3.63, 3.8) is 0 Å². The van der Waals surface area contributed by atoms with Crippen molar-refractivity contribution in [2.24, 2.45) is 0 Å². The summed E-state index contributed by atoms with van der Waals surface area (Å²) in [6.45, 7) is 6.05. The van der Waals surface area contributed by atoms with E-state index in [1.807, 2.05) is 24.3 Å². The van der Waals surface area contributed by atoms with Gasteiger partial charge in [0.1, 0.15) is 13.1 Å². The second kappa shape index (κ2) is 8.42. The summed E-state index contributed by atoms with van der Waals surface area (Å²) >= 11 is 11.2. The van der Waals surface area contributed by atoms with Crippen LogP contribution in [0.3, 0.4) is 0 Å². The van der Waals surface area contributed by atoms with Crippen LogP contribution in [0.15, 0.2) is 24.3 Å². The van der Waals surface area contributed by atoms with Crippen LogP contribution in [-0.4, -0.2) is 44.5 Å². The van der Waals surface area contributed by atoms with E-state index in [1.54, 1.807) is 4.90 Å². The normalized spacial score (nSPS) is 15.8. The first-order chi connectivity index (χ1) is 9.74. The number of ether oxygens (including phenoxy) is 1. The van der Waals surface area contributed by atoms with E-state index in [4.69, 9.17) is 28.6 Å². The van der Waals surface area contributed by atoms with Crippen LogP contribution < -0.4 is 15.5 Å². The van der Waals surface area contributed by atoms with E-state index in [9.17, 15) is 0 Å². The molecule has 0 radical (unpaired) electrons. The third-order valence-corrected chi connectivity index (χ3v) is 3.76. The zero-order valence-electron chi connectivity index (χ0n) is 11.5. The van der Waals surface area contributed by atoms with E-state index in [2.05, 4.69) is 10.6 Å². The molecule has 0 amide bonds. The molecule has 3 N–H and O–H groups in total. The molecule has 2 rings (SSSR count). The highest BCUT2D eigenvalue weighted by Crippen LogP contribution is 2.14. The zero-order valence-corrected chi connectivity index (χ0v) is 13.0. The Labute approximate surface area is 130 Å². The van der Waals surface area contributed by atoms with E-state index in [1.165, 1.54) is 0 Å². The van der Waals surface area contributed by atoms with Gasteiger partial charge in [-0.2, -0.15) is 0 Å². The molecule has 110 valence electrons. The number of halogens is 1. The number of anilines is 1. The van der Waals surface area contributed by atoms with E-state index < -0.39 is 0 Å². The van der Waals surface area contributed by atoms with Gasteiger partial charge in [0.25, 0.3) is 0 Å². The molecule has 1 saturated heterocycles. The van der Waals surface area contributed by atoms with Gasteiger partial charge in [-0.15, -0.1) is 0 Å². The SMILES string of the molecule is S=C(NCCC[NH+]1CCOCC1)Nc1cccc(Cl)c1. The summed E-state index contributed by atoms with van der Waals surface area (Å²) in [6, 6.07) is 7.54. The summed E-state index contributed by atoms with van der Waals surface area (Å²) in [7, 11) is 0. The number of nitrogens with one attached hydrogen (secondary N) is 3. The van der Waals surface area contributed by atoms with Gasteiger partial charge in [0.05, 0.1) is 19.8 Å². The Morgan fingerprint density at radius 3 is 2.90 bits per heavy atom. The summed E-state index contributed by atoms with van der Waals surface area (Å²) in [6.07, 6.45) is 1.10. The third kappa shape index (κ3) is 5.63. The van der Waals surface area contributed by atoms with E-state index in [0.717, 1.165) is 51.5 Å². The van der Waals surface area contributed by atoms with E-state index in [0.29, 0.717) is 10.1 Å². The van der Waals surface area contributed by atoms with Crippen molar-refractivity contribution in [2.45, 2.75) is 6.42 Å². The van der Waals surface area contributed by atoms with Crippen molar-refractivity contribution in [2.75, 3.05) is 44.7 Å². The Kier molecular flexibility index (Phi) is 6.53. The van der Waals surface area contributed by atoms with Gasteiger partial charge in [0.15, 0.2) is 5.11 Å². The fourth-order valence-corrected chi connectivity index (χ4v) is 2.60. The van der Waals surface area contributed by atoms with Gasteiger partial charge in [0.2, 0.25) is 0 Å². The predicted molar refractivity (Wildman–Crippen MR) is 86.7 cm³/mol. The second-order valence-electron chi connectivity index (χ2n) is 4.86. The summed E-state index contributed by atoms with van der Waals surface area (Å²) in [5, 5.41) is 7.70. The van der Waals surface area contributed by atoms with Gasteiger partial charge in [-0.1, -0.05) is 17.7 Å². The van der Waals surface area contributed by atoms with Gasteiger partial charge in [-0.3, -0.25) is 0 Å². The Morgan fingerprint density at radius 1 is 1.35 bits per heavy atom. The molecule has 0 aromatic heterocycles. The average Bonchev–Trinajstić information content (AvgIpc) is 2.45. The lowest BCUT2D eigenvalue weighted by Crippen LogP contribution is -3.14. The average molecular weight is 315 g/mol. The van der Waals surface area contributed by atoms with Gasteiger partial charge < -0.3 is 20.3 Å². The number of benzene rings is 1. The third-order valence-electron chi connectivity index (χ3n) is 3.28. The smallest absolute Gasteiger partial charge is 0.170 e. The molecular weight excluding hydrogens is 294 g/mol. The quantitative estimate of drug-likeness (QED) is 0.558. The molecule has 1 aliphatic heterocycles. The van der Waals surface area contributed by atoms with Crippen LogP contribution in [0.5, 0.6) is 0 Å². The van der Waals surface area contributed by atoms with Gasteiger partial charge in [-0.25, -0.2) is 0 Å². The van der Waals surface area contributed by atoms with Crippen molar-refractivity contribution in [3.8, 4) is 0 Å². The number of hydrogen-bond acceptors (Lipinski definition) is 2. The number of quaternary nitrogens is 1. The monoisotopic (exact) mass is 314 g/mol. The number of thiocarbonyl (C=S) groups is 1. The summed E-state index contributed by atoms with van der Waals surface area (Å²) < 4.78 is 5.34. The van der Waals surface area contributed by atoms with Crippen LogP contribution in [0.1, 0.15) is 6.42 Å². The molecule has 1 aromatic carbocycles. The maximum atomic E-state index is 5.92. The maximum Gasteiger partial charge on any atom is 0.170 e. The second-order valence-corrected chi connectivity index (χ2v) is 5.70. The Bertz CT molecular complexity index is 438. The molecule has 1 aliphatic rings. The lowest BCUT2D eigenvalue weighted by molar-refractivity contribution is -0.908. The van der Waals surface area contributed by atoms with Crippen molar-refractivity contribution in [1.82, 2.24) is 5.32 Å². The molecule has 0 saturated carbocycles. The molecule has 0 aliphatic carbocycles. The highest BCUT2D eigenvalue weighted by molar-refractivity contribution is 7.80. The summed E-state index contributed by atoms with van der Waals surface area (Å²) in [5.41, 5.74) is 0.911. The molecule has 4 nitrogen and oxygen atoms in total. The molecule has 0 bridgehead atoms. The Hall–Kier alpha value is -0.880. The Morgan fingerprint density at radius 2 is 2.15 bits per heavy atom. The maximum absolute atomic E-state index is 5.92. The molecule has 1 fully saturated rings. The van der Waals surface area contributed by atoms with Gasteiger partial charge in [-0.05, 0) is 30.4 Å². The molecule has 0 spiro atoms. The largest absolute Gasteiger partial charge is 0.370 e. The Balaban J connectivity index is 1.60. The fraction of sp³-hybridized carbons (Fsp3) is 0.500. The van der Waals surface area contributed by atoms with Crippen LogP contribution in [0.4, 0.5) is 5.69 Å². The standard InChI is InChI=1S/C14H20ClN3OS/c15-12-3-1-4-13(11-12)17-14(20)16-5-2-6-18-7-9-19-10-8-18/h1,3-4,11H,2,5-10H2,(H2,16,17,20)/p+1. The number of morpholine rings is 1. The van der Waals surface area contributed by atoms with Crippen molar-refractivity contribution < 1.29 is 9.64 Å². The number of hydrogen-bond donors (Lipinski definition) is 3. The zero-order chi connectivity index (χ0) is 14.2. The first kappa shape index (κ1) is 15.5. The van der Waals surface area contributed by atoms with Gasteiger partial charge in [0, 0.05) is 23.7 Å². The van der Waals surface area contributed by atoms with Crippen LogP contribution in [0.25, 0.3) is 0 Å². The molecule has 1 heterocycles. The van der Waals surface area contributed by atoms with Crippen LogP contribution >= 0.6 is 23.8 Å².